The van der Waals surface area contributed by atoms with Crippen molar-refractivity contribution in [3.63, 3.8) is 0 Å². The fourth-order valence-electron chi connectivity index (χ4n) is 3.59. The van der Waals surface area contributed by atoms with E-state index in [1.807, 2.05) is 22.7 Å². The number of carbonyl (C=O) groups is 2. The van der Waals surface area contributed by atoms with Crippen LogP contribution < -0.4 is 5.32 Å². The minimum absolute atomic E-state index is 0.0307. The molecule has 2 aromatic heterocycles. The number of hydrogen-bond acceptors (Lipinski definition) is 3. The normalized spacial score (nSPS) is 16.8. The van der Waals surface area contributed by atoms with Gasteiger partial charge in [-0.25, -0.2) is 4.98 Å². The topological polar surface area (TPSA) is 66.7 Å². The zero-order chi connectivity index (χ0) is 22.2. The molecule has 10 heteroatoms. The Morgan fingerprint density at radius 3 is 2.81 bits per heavy atom. The number of nitrogens with one attached hydrogen (secondary N) is 1. The van der Waals surface area contributed by atoms with Gasteiger partial charge in [0.2, 0.25) is 11.8 Å². The summed E-state index contributed by atoms with van der Waals surface area (Å²) < 4.78 is 41.4. The number of imidazole rings is 1. The second-order valence-electron chi connectivity index (χ2n) is 7.44. The maximum atomic E-state index is 12.9. The van der Waals surface area contributed by atoms with Gasteiger partial charge in [0.15, 0.2) is 0 Å². The van der Waals surface area contributed by atoms with Crippen molar-refractivity contribution < 1.29 is 22.8 Å². The van der Waals surface area contributed by atoms with Crippen molar-refractivity contribution in [3.05, 3.63) is 70.1 Å². The zero-order valence-corrected chi connectivity index (χ0v) is 17.8. The lowest BCUT2D eigenvalue weighted by atomic mass is 10.1. The molecule has 31 heavy (non-hydrogen) atoms. The van der Waals surface area contributed by atoms with Gasteiger partial charge in [0.1, 0.15) is 5.65 Å². The Balaban J connectivity index is 1.35. The summed E-state index contributed by atoms with van der Waals surface area (Å²) in [5.41, 5.74) is 1.04. The molecule has 1 fully saturated rings. The lowest BCUT2D eigenvalue weighted by Crippen LogP contribution is -2.32. The Hall–Kier alpha value is -2.88. The molecule has 6 nitrogen and oxygen atoms in total. The Kier molecular flexibility index (Phi) is 5.74. The van der Waals surface area contributed by atoms with Crippen LogP contribution in [0, 0.1) is 5.92 Å². The second kappa shape index (κ2) is 8.33. The quantitative estimate of drug-likeness (QED) is 0.586. The third kappa shape index (κ3) is 4.90. The predicted octanol–water partition coefficient (Wildman–Crippen LogP) is 3.78. The van der Waals surface area contributed by atoms with Crippen molar-refractivity contribution in [2.24, 2.45) is 5.92 Å². The van der Waals surface area contributed by atoms with Crippen molar-refractivity contribution in [3.8, 4) is 0 Å². The van der Waals surface area contributed by atoms with Crippen LogP contribution in [0.3, 0.4) is 0 Å². The van der Waals surface area contributed by atoms with E-state index in [0.717, 1.165) is 22.3 Å². The number of halogens is 4. The second-order valence-corrected chi connectivity index (χ2v) is 8.35. The SMILES string of the molecule is O=C(NCc1cn2cc(Br)ccc2n1)C1CC(=O)N(Cc2cccc(C(F)(F)F)c2)C1. The van der Waals surface area contributed by atoms with Crippen molar-refractivity contribution in [1.82, 2.24) is 19.6 Å². The van der Waals surface area contributed by atoms with Gasteiger partial charge >= 0.3 is 6.18 Å². The van der Waals surface area contributed by atoms with Crippen LogP contribution in [0.4, 0.5) is 13.2 Å². The van der Waals surface area contributed by atoms with Gasteiger partial charge in [0.25, 0.3) is 0 Å². The van der Waals surface area contributed by atoms with Gasteiger partial charge < -0.3 is 14.6 Å². The van der Waals surface area contributed by atoms with E-state index < -0.39 is 17.7 Å². The molecule has 1 aromatic carbocycles. The third-order valence-electron chi connectivity index (χ3n) is 5.12. The largest absolute Gasteiger partial charge is 0.416 e. The van der Waals surface area contributed by atoms with Crippen LogP contribution in [0.1, 0.15) is 23.2 Å². The molecule has 0 saturated carbocycles. The highest BCUT2D eigenvalue weighted by atomic mass is 79.9. The highest BCUT2D eigenvalue weighted by Gasteiger charge is 2.35. The molecule has 1 atom stereocenters. The Bertz CT molecular complexity index is 1150. The third-order valence-corrected chi connectivity index (χ3v) is 5.59. The number of hydrogen-bond donors (Lipinski definition) is 1. The molecule has 0 aliphatic carbocycles. The molecule has 1 unspecified atom stereocenters. The van der Waals surface area contributed by atoms with Crippen molar-refractivity contribution >= 4 is 33.4 Å². The van der Waals surface area contributed by atoms with Crippen molar-refractivity contribution in [2.75, 3.05) is 6.54 Å². The number of alkyl halides is 3. The van der Waals surface area contributed by atoms with Gasteiger partial charge in [-0.05, 0) is 45.8 Å². The van der Waals surface area contributed by atoms with Gasteiger partial charge in [-0.3, -0.25) is 9.59 Å². The van der Waals surface area contributed by atoms with Crippen molar-refractivity contribution in [1.29, 1.82) is 0 Å². The minimum atomic E-state index is -4.44. The molecule has 1 N–H and O–H groups in total. The van der Waals surface area contributed by atoms with Gasteiger partial charge in [-0.1, -0.05) is 12.1 Å². The average molecular weight is 495 g/mol. The number of likely N-dealkylation sites (tertiary alicyclic amines) is 1. The predicted molar refractivity (Wildman–Crippen MR) is 110 cm³/mol. The summed E-state index contributed by atoms with van der Waals surface area (Å²) in [6.07, 6.45) is -0.751. The fourth-order valence-corrected chi connectivity index (χ4v) is 3.94. The molecular formula is C21H18BrF3N4O2. The number of rotatable bonds is 5. The van der Waals surface area contributed by atoms with E-state index in [0.29, 0.717) is 11.3 Å². The summed E-state index contributed by atoms with van der Waals surface area (Å²) in [5.74, 6) is -1.09. The summed E-state index contributed by atoms with van der Waals surface area (Å²) in [6, 6.07) is 8.59. The number of carbonyl (C=O) groups excluding carboxylic acids is 2. The first-order chi connectivity index (χ1) is 14.7. The fraction of sp³-hybridized carbons (Fsp3) is 0.286. The molecule has 1 aliphatic heterocycles. The molecule has 3 aromatic rings. The number of pyridine rings is 1. The van der Waals surface area contributed by atoms with Gasteiger partial charge in [0.05, 0.1) is 23.7 Å². The first kappa shape index (κ1) is 21.4. The van der Waals surface area contributed by atoms with Gasteiger partial charge in [-0.2, -0.15) is 13.2 Å². The van der Waals surface area contributed by atoms with E-state index in [1.54, 1.807) is 6.20 Å². The first-order valence-electron chi connectivity index (χ1n) is 9.54. The van der Waals surface area contributed by atoms with E-state index in [9.17, 15) is 22.8 Å². The smallest absolute Gasteiger partial charge is 0.350 e. The highest BCUT2D eigenvalue weighted by Crippen LogP contribution is 2.30. The summed E-state index contributed by atoms with van der Waals surface area (Å²) in [6.45, 7) is 0.420. The standard InChI is InChI=1S/C21H18BrF3N4O2/c22-16-4-5-18-27-17(12-28(18)11-16)8-26-20(31)14-7-19(30)29(10-14)9-13-2-1-3-15(6-13)21(23,24)25/h1-6,11-12,14H,7-10H2,(H,26,31). The van der Waals surface area contributed by atoms with E-state index in [2.05, 4.69) is 26.2 Å². The number of benzene rings is 1. The molecule has 0 bridgehead atoms. The van der Waals surface area contributed by atoms with E-state index in [1.165, 1.54) is 17.0 Å². The maximum absolute atomic E-state index is 12.9. The lowest BCUT2D eigenvalue weighted by Gasteiger charge is -2.17. The summed E-state index contributed by atoms with van der Waals surface area (Å²) in [4.78, 5) is 30.7. The molecule has 4 rings (SSSR count). The van der Waals surface area contributed by atoms with Crippen molar-refractivity contribution in [2.45, 2.75) is 25.7 Å². The zero-order valence-electron chi connectivity index (χ0n) is 16.2. The number of nitrogens with zero attached hydrogens (tertiary/aromatic N) is 3. The van der Waals surface area contributed by atoms with Crippen LogP contribution in [0.15, 0.2) is 53.3 Å². The molecule has 3 heterocycles. The maximum Gasteiger partial charge on any atom is 0.416 e. The van der Waals surface area contributed by atoms with Gasteiger partial charge in [-0.15, -0.1) is 0 Å². The van der Waals surface area contributed by atoms with E-state index >= 15 is 0 Å². The van der Waals surface area contributed by atoms with Gasteiger partial charge in [0, 0.05) is 36.4 Å². The first-order valence-corrected chi connectivity index (χ1v) is 10.3. The monoisotopic (exact) mass is 494 g/mol. The van der Waals surface area contributed by atoms with Crippen LogP contribution >= 0.6 is 15.9 Å². The Morgan fingerprint density at radius 1 is 1.23 bits per heavy atom. The molecule has 1 saturated heterocycles. The Labute approximate surface area is 184 Å². The van der Waals surface area contributed by atoms with Crippen LogP contribution in [0.5, 0.6) is 0 Å². The number of amides is 2. The van der Waals surface area contributed by atoms with E-state index in [-0.39, 0.29) is 37.9 Å². The van der Waals surface area contributed by atoms with Crippen LogP contribution in [-0.4, -0.2) is 32.6 Å². The lowest BCUT2D eigenvalue weighted by molar-refractivity contribution is -0.137. The number of fused-ring (bicyclic) bond motifs is 1. The minimum Gasteiger partial charge on any atom is -0.350 e. The Morgan fingerprint density at radius 2 is 2.03 bits per heavy atom. The average Bonchev–Trinajstić information content (AvgIpc) is 3.28. The molecule has 0 spiro atoms. The molecule has 1 aliphatic rings. The number of aromatic nitrogens is 2. The van der Waals surface area contributed by atoms with Crippen LogP contribution in [0.2, 0.25) is 0 Å². The van der Waals surface area contributed by atoms with Crippen LogP contribution in [-0.2, 0) is 28.9 Å². The molecule has 2 amide bonds. The summed E-state index contributed by atoms with van der Waals surface area (Å²) >= 11 is 3.39. The van der Waals surface area contributed by atoms with Crippen LogP contribution in [0.25, 0.3) is 5.65 Å². The molecule has 0 radical (unpaired) electrons. The van der Waals surface area contributed by atoms with E-state index in [4.69, 9.17) is 0 Å². The molecular weight excluding hydrogens is 477 g/mol. The summed E-state index contributed by atoms with van der Waals surface area (Å²) in [5, 5.41) is 2.80. The molecule has 162 valence electrons. The summed E-state index contributed by atoms with van der Waals surface area (Å²) in [7, 11) is 0. The highest BCUT2D eigenvalue weighted by molar-refractivity contribution is 9.10.